The summed E-state index contributed by atoms with van der Waals surface area (Å²) < 4.78 is 6.06. The number of rotatable bonds is 6. The van der Waals surface area contributed by atoms with E-state index in [4.69, 9.17) is 4.74 Å². The lowest BCUT2D eigenvalue weighted by Gasteiger charge is -2.16. The maximum absolute atomic E-state index is 11.8. The molecule has 1 aromatic rings. The summed E-state index contributed by atoms with van der Waals surface area (Å²) in [6.45, 7) is 4.61. The van der Waals surface area contributed by atoms with Crippen molar-refractivity contribution in [3.63, 3.8) is 0 Å². The minimum atomic E-state index is 0.0281. The van der Waals surface area contributed by atoms with E-state index in [1.165, 1.54) is 0 Å². The third-order valence-corrected chi connectivity index (χ3v) is 3.26. The monoisotopic (exact) mass is 313 g/mol. The molecule has 0 aliphatic heterocycles. The summed E-state index contributed by atoms with van der Waals surface area (Å²) in [5.41, 5.74) is 1.10. The number of benzene rings is 1. The second-order valence-electron chi connectivity index (χ2n) is 4.61. The molecular formula is C14H20BrNO2. The molecule has 4 heteroatoms. The molecule has 1 rings (SSSR count). The van der Waals surface area contributed by atoms with Gasteiger partial charge < -0.3 is 10.1 Å². The molecular weight excluding hydrogens is 294 g/mol. The summed E-state index contributed by atoms with van der Waals surface area (Å²) >= 11 is 3.39. The highest BCUT2D eigenvalue weighted by atomic mass is 79.9. The predicted octanol–water partition coefficient (Wildman–Crippen LogP) is 3.30. The van der Waals surface area contributed by atoms with Crippen LogP contribution in [-0.2, 0) is 9.53 Å². The summed E-state index contributed by atoms with van der Waals surface area (Å²) in [5, 5.41) is 3.00. The predicted molar refractivity (Wildman–Crippen MR) is 76.4 cm³/mol. The van der Waals surface area contributed by atoms with Crippen LogP contribution in [0, 0.1) is 5.92 Å². The van der Waals surface area contributed by atoms with Crippen molar-refractivity contribution in [3.8, 4) is 0 Å². The summed E-state index contributed by atoms with van der Waals surface area (Å²) in [6, 6.07) is 8.00. The largest absolute Gasteiger partial charge is 0.384 e. The zero-order chi connectivity index (χ0) is 13.5. The smallest absolute Gasteiger partial charge is 0.220 e. The summed E-state index contributed by atoms with van der Waals surface area (Å²) in [4.78, 5) is 11.8. The summed E-state index contributed by atoms with van der Waals surface area (Å²) in [6.07, 6.45) is 0.495. The highest BCUT2D eigenvalue weighted by Crippen LogP contribution is 2.16. The minimum absolute atomic E-state index is 0.0281. The third-order valence-electron chi connectivity index (χ3n) is 2.73. The van der Waals surface area contributed by atoms with Gasteiger partial charge in [-0.05, 0) is 30.5 Å². The average molecular weight is 314 g/mol. The van der Waals surface area contributed by atoms with Crippen molar-refractivity contribution in [2.75, 3.05) is 13.7 Å². The normalized spacial score (nSPS) is 14.0. The quantitative estimate of drug-likeness (QED) is 0.875. The van der Waals surface area contributed by atoms with Gasteiger partial charge >= 0.3 is 0 Å². The molecule has 1 N–H and O–H groups in total. The first-order chi connectivity index (χ1) is 8.52. The molecule has 1 amide bonds. The van der Waals surface area contributed by atoms with Crippen LogP contribution in [-0.4, -0.2) is 19.6 Å². The van der Waals surface area contributed by atoms with Crippen molar-refractivity contribution in [3.05, 3.63) is 34.3 Å². The van der Waals surface area contributed by atoms with Crippen molar-refractivity contribution in [2.45, 2.75) is 26.3 Å². The van der Waals surface area contributed by atoms with Crippen molar-refractivity contribution in [1.29, 1.82) is 0 Å². The van der Waals surface area contributed by atoms with E-state index < -0.39 is 0 Å². The van der Waals surface area contributed by atoms with Crippen LogP contribution in [0.3, 0.4) is 0 Å². The highest BCUT2D eigenvalue weighted by Gasteiger charge is 2.12. The minimum Gasteiger partial charge on any atom is -0.384 e. The standard InChI is InChI=1S/C14H20BrNO2/c1-10(9-18-3)8-14(17)16-11(2)12-4-6-13(15)7-5-12/h4-7,10-11H,8-9H2,1-3H3,(H,16,17). The Bertz CT molecular complexity index is 378. The van der Waals surface area contributed by atoms with Crippen molar-refractivity contribution >= 4 is 21.8 Å². The molecule has 2 atom stereocenters. The number of carbonyl (C=O) groups is 1. The number of carbonyl (C=O) groups excluding carboxylic acids is 1. The van der Waals surface area contributed by atoms with Crippen LogP contribution in [0.15, 0.2) is 28.7 Å². The first-order valence-corrected chi connectivity index (χ1v) is 6.86. The Hall–Kier alpha value is -0.870. The molecule has 0 radical (unpaired) electrons. The summed E-state index contributed by atoms with van der Waals surface area (Å²) in [5.74, 6) is 0.307. The number of hydrogen-bond donors (Lipinski definition) is 1. The number of nitrogens with one attached hydrogen (secondary N) is 1. The van der Waals surface area contributed by atoms with E-state index in [1.807, 2.05) is 38.1 Å². The van der Waals surface area contributed by atoms with E-state index in [9.17, 15) is 4.79 Å². The zero-order valence-electron chi connectivity index (χ0n) is 11.1. The van der Waals surface area contributed by atoms with Crippen LogP contribution >= 0.6 is 15.9 Å². The molecule has 0 bridgehead atoms. The van der Waals surface area contributed by atoms with Gasteiger partial charge in [-0.2, -0.15) is 0 Å². The third kappa shape index (κ3) is 5.19. The Labute approximate surface area is 117 Å². The van der Waals surface area contributed by atoms with E-state index in [0.717, 1.165) is 10.0 Å². The lowest BCUT2D eigenvalue weighted by atomic mass is 10.1. The van der Waals surface area contributed by atoms with Crippen LogP contribution in [0.1, 0.15) is 31.9 Å². The molecule has 100 valence electrons. The van der Waals surface area contributed by atoms with Crippen molar-refractivity contribution in [2.24, 2.45) is 5.92 Å². The van der Waals surface area contributed by atoms with E-state index in [2.05, 4.69) is 21.2 Å². The Morgan fingerprint density at radius 1 is 1.33 bits per heavy atom. The van der Waals surface area contributed by atoms with E-state index in [-0.39, 0.29) is 17.9 Å². The van der Waals surface area contributed by atoms with Gasteiger partial charge in [0.25, 0.3) is 0 Å². The fourth-order valence-electron chi connectivity index (χ4n) is 1.80. The van der Waals surface area contributed by atoms with Crippen LogP contribution in [0.2, 0.25) is 0 Å². The van der Waals surface area contributed by atoms with Gasteiger partial charge in [-0.15, -0.1) is 0 Å². The lowest BCUT2D eigenvalue weighted by Crippen LogP contribution is -2.28. The molecule has 18 heavy (non-hydrogen) atoms. The molecule has 0 aliphatic carbocycles. The number of halogens is 1. The number of ether oxygens (including phenoxy) is 1. The van der Waals surface area contributed by atoms with Gasteiger partial charge in [0.15, 0.2) is 0 Å². The van der Waals surface area contributed by atoms with Gasteiger partial charge in [0.2, 0.25) is 5.91 Å². The van der Waals surface area contributed by atoms with Crippen molar-refractivity contribution in [1.82, 2.24) is 5.32 Å². The number of amides is 1. The second-order valence-corrected chi connectivity index (χ2v) is 5.52. The number of hydrogen-bond acceptors (Lipinski definition) is 2. The lowest BCUT2D eigenvalue weighted by molar-refractivity contribution is -0.122. The van der Waals surface area contributed by atoms with Crippen LogP contribution in [0.4, 0.5) is 0 Å². The highest BCUT2D eigenvalue weighted by molar-refractivity contribution is 9.10. The van der Waals surface area contributed by atoms with Crippen LogP contribution in [0.25, 0.3) is 0 Å². The van der Waals surface area contributed by atoms with E-state index in [1.54, 1.807) is 7.11 Å². The van der Waals surface area contributed by atoms with Gasteiger partial charge in [-0.25, -0.2) is 0 Å². The molecule has 0 saturated carbocycles. The topological polar surface area (TPSA) is 38.3 Å². The molecule has 0 aromatic heterocycles. The number of methoxy groups -OCH3 is 1. The SMILES string of the molecule is COCC(C)CC(=O)NC(C)c1ccc(Br)cc1. The summed E-state index contributed by atoms with van der Waals surface area (Å²) in [7, 11) is 1.65. The van der Waals surface area contributed by atoms with Crippen molar-refractivity contribution < 1.29 is 9.53 Å². The van der Waals surface area contributed by atoms with Gasteiger partial charge in [0.05, 0.1) is 6.04 Å². The van der Waals surface area contributed by atoms with Crippen LogP contribution < -0.4 is 5.32 Å². The molecule has 0 fully saturated rings. The van der Waals surface area contributed by atoms with Gasteiger partial charge in [-0.1, -0.05) is 35.0 Å². The zero-order valence-corrected chi connectivity index (χ0v) is 12.7. The first-order valence-electron chi connectivity index (χ1n) is 6.06. The second kappa shape index (κ2) is 7.54. The Morgan fingerprint density at radius 2 is 1.94 bits per heavy atom. The maximum Gasteiger partial charge on any atom is 0.220 e. The Balaban J connectivity index is 2.46. The Morgan fingerprint density at radius 3 is 2.50 bits per heavy atom. The molecule has 0 spiro atoms. The van der Waals surface area contributed by atoms with Gasteiger partial charge in [0, 0.05) is 24.6 Å². The van der Waals surface area contributed by atoms with Crippen LogP contribution in [0.5, 0.6) is 0 Å². The van der Waals surface area contributed by atoms with Gasteiger partial charge in [-0.3, -0.25) is 4.79 Å². The fourth-order valence-corrected chi connectivity index (χ4v) is 2.06. The molecule has 0 heterocycles. The molecule has 2 unspecified atom stereocenters. The van der Waals surface area contributed by atoms with E-state index >= 15 is 0 Å². The maximum atomic E-state index is 11.8. The fraction of sp³-hybridized carbons (Fsp3) is 0.500. The molecule has 3 nitrogen and oxygen atoms in total. The molecule has 0 aliphatic rings. The average Bonchev–Trinajstić information content (AvgIpc) is 2.29. The van der Waals surface area contributed by atoms with E-state index in [0.29, 0.717) is 13.0 Å². The Kier molecular flexibility index (Phi) is 6.36. The first kappa shape index (κ1) is 15.2. The molecule has 1 aromatic carbocycles. The van der Waals surface area contributed by atoms with Gasteiger partial charge in [0.1, 0.15) is 0 Å². The molecule has 0 saturated heterocycles.